The molecule has 1 unspecified atom stereocenters. The average Bonchev–Trinajstić information content (AvgIpc) is 3.21. The molecule has 2 aromatic rings. The van der Waals surface area contributed by atoms with E-state index in [-0.39, 0.29) is 24.1 Å². The van der Waals surface area contributed by atoms with E-state index in [1.807, 2.05) is 12.1 Å². The molecule has 2 aromatic carbocycles. The van der Waals surface area contributed by atoms with Gasteiger partial charge in [0.05, 0.1) is 0 Å². The maximum Gasteiger partial charge on any atom is 0.255 e. The number of fused-ring (bicyclic) bond motifs is 1. The van der Waals surface area contributed by atoms with Crippen molar-refractivity contribution in [1.82, 2.24) is 10.2 Å². The van der Waals surface area contributed by atoms with E-state index in [4.69, 9.17) is 0 Å². The fraction of sp³-hybridized carbons (Fsp3) is 0.483. The molecule has 1 saturated heterocycles. The van der Waals surface area contributed by atoms with Gasteiger partial charge in [-0.1, -0.05) is 68.9 Å². The number of hydrogen-bond acceptors (Lipinski definition) is 4. The van der Waals surface area contributed by atoms with E-state index in [0.29, 0.717) is 18.5 Å². The number of benzene rings is 2. The highest BCUT2D eigenvalue weighted by Gasteiger charge is 2.39. The fourth-order valence-electron chi connectivity index (χ4n) is 5.73. The summed E-state index contributed by atoms with van der Waals surface area (Å²) in [6, 6.07) is 14.2. The Morgan fingerprint density at radius 1 is 0.914 bits per heavy atom. The minimum absolute atomic E-state index is 0.116. The van der Waals surface area contributed by atoms with E-state index in [1.165, 1.54) is 56.1 Å². The Kier molecular flexibility index (Phi) is 7.57. The minimum Gasteiger partial charge on any atom is -0.322 e. The lowest BCUT2D eigenvalue weighted by Gasteiger charge is -2.29. The van der Waals surface area contributed by atoms with Gasteiger partial charge in [-0.2, -0.15) is 0 Å². The van der Waals surface area contributed by atoms with Crippen molar-refractivity contribution < 1.29 is 14.4 Å². The molecule has 1 saturated carbocycles. The van der Waals surface area contributed by atoms with Gasteiger partial charge in [-0.25, -0.2) is 0 Å². The zero-order valence-electron chi connectivity index (χ0n) is 20.3. The third kappa shape index (κ3) is 5.64. The van der Waals surface area contributed by atoms with Crippen molar-refractivity contribution in [3.05, 3.63) is 64.7 Å². The molecule has 35 heavy (non-hydrogen) atoms. The molecule has 6 heteroatoms. The third-order valence-corrected chi connectivity index (χ3v) is 8.93. The first-order valence-corrected chi connectivity index (χ1v) is 14.0. The SMILES string of the molecule is O=C1CCC(N2Cc3c(SCc4ccc(CCCC5CCCCC5)cc4)cccc3C2=O)C(=O)N1. The maximum absolute atomic E-state index is 13.0. The Morgan fingerprint density at radius 2 is 1.69 bits per heavy atom. The predicted octanol–water partition coefficient (Wildman–Crippen LogP) is 5.64. The van der Waals surface area contributed by atoms with Gasteiger partial charge in [-0.15, -0.1) is 11.8 Å². The molecule has 1 aliphatic carbocycles. The smallest absolute Gasteiger partial charge is 0.255 e. The van der Waals surface area contributed by atoms with Crippen molar-refractivity contribution in [3.8, 4) is 0 Å². The third-order valence-electron chi connectivity index (χ3n) is 7.76. The number of amides is 3. The summed E-state index contributed by atoms with van der Waals surface area (Å²) in [5.74, 6) is 1.04. The monoisotopic (exact) mass is 490 g/mol. The highest BCUT2D eigenvalue weighted by atomic mass is 32.2. The molecule has 3 aliphatic rings. The predicted molar refractivity (Wildman–Crippen MR) is 138 cm³/mol. The number of piperidine rings is 1. The summed E-state index contributed by atoms with van der Waals surface area (Å²) in [7, 11) is 0. The standard InChI is InChI=1S/C29H34N2O3S/c32-27-17-16-25(28(33)30-27)31-18-24-23(29(31)34)10-5-11-26(24)35-19-22-14-12-21(13-15-22)9-4-8-20-6-2-1-3-7-20/h5,10-15,20,25H,1-4,6-9,16-19H2,(H,30,32,33). The number of thioether (sulfide) groups is 1. The number of carbonyl (C=O) groups excluding carboxylic acids is 3. The van der Waals surface area contributed by atoms with Crippen LogP contribution < -0.4 is 5.32 Å². The van der Waals surface area contributed by atoms with Crippen LogP contribution in [-0.2, 0) is 28.3 Å². The second-order valence-corrected chi connectivity index (χ2v) is 11.2. The molecule has 5 nitrogen and oxygen atoms in total. The van der Waals surface area contributed by atoms with E-state index in [0.717, 1.165) is 28.6 Å². The molecule has 0 bridgehead atoms. The molecule has 3 amide bonds. The first-order valence-electron chi connectivity index (χ1n) is 13.1. The summed E-state index contributed by atoms with van der Waals surface area (Å²) in [6.45, 7) is 0.420. The van der Waals surface area contributed by atoms with E-state index in [9.17, 15) is 14.4 Å². The van der Waals surface area contributed by atoms with E-state index >= 15 is 0 Å². The van der Waals surface area contributed by atoms with Crippen LogP contribution in [0.25, 0.3) is 0 Å². The molecular weight excluding hydrogens is 456 g/mol. The van der Waals surface area contributed by atoms with Crippen LogP contribution in [0.3, 0.4) is 0 Å². The lowest BCUT2D eigenvalue weighted by Crippen LogP contribution is -2.52. The Morgan fingerprint density at radius 3 is 2.46 bits per heavy atom. The highest BCUT2D eigenvalue weighted by Crippen LogP contribution is 2.35. The zero-order chi connectivity index (χ0) is 24.2. The summed E-state index contributed by atoms with van der Waals surface area (Å²) < 4.78 is 0. The fourth-order valence-corrected chi connectivity index (χ4v) is 6.76. The second-order valence-electron chi connectivity index (χ2n) is 10.2. The van der Waals surface area contributed by atoms with Gasteiger partial charge in [0.1, 0.15) is 6.04 Å². The average molecular weight is 491 g/mol. The Hall–Kier alpha value is -2.60. The number of aryl methyl sites for hydroxylation is 1. The normalized spacial score (nSPS) is 20.7. The van der Waals surface area contributed by atoms with Gasteiger partial charge in [0.2, 0.25) is 11.8 Å². The van der Waals surface area contributed by atoms with Gasteiger partial charge in [0.25, 0.3) is 5.91 Å². The number of nitrogens with zero attached hydrogens (tertiary/aromatic N) is 1. The number of nitrogens with one attached hydrogen (secondary N) is 1. The Balaban J connectivity index is 1.16. The molecule has 2 fully saturated rings. The van der Waals surface area contributed by atoms with Crippen LogP contribution in [0.15, 0.2) is 47.4 Å². The van der Waals surface area contributed by atoms with E-state index in [2.05, 4.69) is 35.6 Å². The van der Waals surface area contributed by atoms with Crippen molar-refractivity contribution in [2.45, 2.75) is 87.4 Å². The van der Waals surface area contributed by atoms with Crippen LogP contribution >= 0.6 is 11.8 Å². The molecule has 5 rings (SSSR count). The van der Waals surface area contributed by atoms with Gasteiger partial charge >= 0.3 is 0 Å². The first kappa shape index (κ1) is 24.1. The van der Waals surface area contributed by atoms with E-state index in [1.54, 1.807) is 16.7 Å². The van der Waals surface area contributed by atoms with Crippen molar-refractivity contribution in [2.75, 3.05) is 0 Å². The van der Waals surface area contributed by atoms with Gasteiger partial charge in [-0.3, -0.25) is 19.7 Å². The van der Waals surface area contributed by atoms with Crippen LogP contribution in [0.5, 0.6) is 0 Å². The topological polar surface area (TPSA) is 66.5 Å². The largest absolute Gasteiger partial charge is 0.322 e. The summed E-state index contributed by atoms with van der Waals surface area (Å²) in [4.78, 5) is 39.6. The molecule has 2 heterocycles. The number of imide groups is 1. The van der Waals surface area contributed by atoms with Gasteiger partial charge in [0.15, 0.2) is 0 Å². The summed E-state index contributed by atoms with van der Waals surface area (Å²) in [5.41, 5.74) is 4.36. The van der Waals surface area contributed by atoms with Crippen LogP contribution in [0.1, 0.15) is 84.8 Å². The number of hydrogen-bond donors (Lipinski definition) is 1. The molecule has 1 N–H and O–H groups in total. The molecule has 1 atom stereocenters. The van der Waals surface area contributed by atoms with Crippen molar-refractivity contribution in [1.29, 1.82) is 0 Å². The Bertz CT molecular complexity index is 1090. The quantitative estimate of drug-likeness (QED) is 0.384. The van der Waals surface area contributed by atoms with Crippen LogP contribution in [0, 0.1) is 5.92 Å². The maximum atomic E-state index is 13.0. The van der Waals surface area contributed by atoms with Crippen molar-refractivity contribution in [3.63, 3.8) is 0 Å². The van der Waals surface area contributed by atoms with Gasteiger partial charge in [0, 0.05) is 29.2 Å². The summed E-state index contributed by atoms with van der Waals surface area (Å²) in [6.07, 6.45) is 11.6. The Labute approximate surface area is 212 Å². The molecule has 0 spiro atoms. The van der Waals surface area contributed by atoms with Gasteiger partial charge < -0.3 is 4.90 Å². The molecular formula is C29H34N2O3S. The highest BCUT2D eigenvalue weighted by molar-refractivity contribution is 7.98. The lowest BCUT2D eigenvalue weighted by molar-refractivity contribution is -0.136. The molecule has 2 aliphatic heterocycles. The first-order chi connectivity index (χ1) is 17.1. The zero-order valence-corrected chi connectivity index (χ0v) is 21.1. The summed E-state index contributed by atoms with van der Waals surface area (Å²) in [5, 5.41) is 2.37. The van der Waals surface area contributed by atoms with Crippen molar-refractivity contribution in [2.24, 2.45) is 5.92 Å². The van der Waals surface area contributed by atoms with Crippen LogP contribution in [0.4, 0.5) is 0 Å². The molecule has 0 radical (unpaired) electrons. The minimum atomic E-state index is -0.573. The molecule has 0 aromatic heterocycles. The van der Waals surface area contributed by atoms with E-state index < -0.39 is 6.04 Å². The second kappa shape index (κ2) is 11.0. The van der Waals surface area contributed by atoms with Crippen LogP contribution in [-0.4, -0.2) is 28.7 Å². The van der Waals surface area contributed by atoms with Gasteiger partial charge in [-0.05, 0) is 54.0 Å². The van der Waals surface area contributed by atoms with Crippen molar-refractivity contribution >= 4 is 29.5 Å². The molecule has 184 valence electrons. The number of carbonyl (C=O) groups is 3. The summed E-state index contributed by atoms with van der Waals surface area (Å²) >= 11 is 1.74. The lowest BCUT2D eigenvalue weighted by atomic mass is 9.85. The number of rotatable bonds is 8. The van der Waals surface area contributed by atoms with Crippen LogP contribution in [0.2, 0.25) is 0 Å².